The Labute approximate surface area is 155 Å². The molecule has 8 heteroatoms. The molecule has 0 radical (unpaired) electrons. The Bertz CT molecular complexity index is 476. The summed E-state index contributed by atoms with van der Waals surface area (Å²) in [6, 6.07) is 0. The highest BCUT2D eigenvalue weighted by atomic mass is 16.8. The smallest absolute Gasteiger partial charge is 0.185 e. The fourth-order valence-electron chi connectivity index (χ4n) is 4.41. The van der Waals surface area contributed by atoms with Gasteiger partial charge in [0.1, 0.15) is 36.1 Å². The van der Waals surface area contributed by atoms with Crippen LogP contribution in [-0.4, -0.2) is 94.3 Å². The molecule has 0 saturated carbocycles. The van der Waals surface area contributed by atoms with Gasteiger partial charge in [-0.2, -0.15) is 0 Å². The summed E-state index contributed by atoms with van der Waals surface area (Å²) in [5.41, 5.74) is -0.790. The first-order chi connectivity index (χ1) is 12.4. The second-order valence-electron chi connectivity index (χ2n) is 7.71. The minimum atomic E-state index is -0.790. The molecule has 0 spiro atoms. The van der Waals surface area contributed by atoms with Gasteiger partial charge in [-0.3, -0.25) is 0 Å². The molecule has 8 nitrogen and oxygen atoms in total. The lowest BCUT2D eigenvalue weighted by Gasteiger charge is -2.55. The van der Waals surface area contributed by atoms with Crippen molar-refractivity contribution >= 4 is 0 Å². The standard InChI is InChI=1S/C18H32O8/c1-9-12-17(26-18(3,8-23-12)16(9)19)25-14-11(7-20-4)24-10(2)13(21-5)15(14)22-6/h9-17,19H,7-8H2,1-6H3/t9-,10-,11?,12?,13?,14-,15?,16-,17+,18?/m1/s1. The molecule has 0 aromatic carbocycles. The molecule has 0 aliphatic carbocycles. The maximum atomic E-state index is 10.5. The minimum Gasteiger partial charge on any atom is -0.390 e. The van der Waals surface area contributed by atoms with Crippen LogP contribution >= 0.6 is 0 Å². The van der Waals surface area contributed by atoms with Crippen molar-refractivity contribution < 1.29 is 38.3 Å². The maximum Gasteiger partial charge on any atom is 0.185 e. The normalized spacial score (nSPS) is 51.6. The third-order valence-electron chi connectivity index (χ3n) is 5.89. The number of rotatable bonds is 6. The van der Waals surface area contributed by atoms with Gasteiger partial charge >= 0.3 is 0 Å². The van der Waals surface area contributed by atoms with E-state index in [1.165, 1.54) is 0 Å². The fourth-order valence-corrected chi connectivity index (χ4v) is 4.41. The third-order valence-corrected chi connectivity index (χ3v) is 5.89. The van der Waals surface area contributed by atoms with Crippen LogP contribution in [0.1, 0.15) is 20.8 Å². The van der Waals surface area contributed by atoms with E-state index < -0.39 is 24.1 Å². The lowest BCUT2D eigenvalue weighted by atomic mass is 9.80. The van der Waals surface area contributed by atoms with E-state index in [-0.39, 0.29) is 36.4 Å². The Morgan fingerprint density at radius 1 is 1.08 bits per heavy atom. The predicted molar refractivity (Wildman–Crippen MR) is 90.9 cm³/mol. The molecule has 0 aromatic rings. The molecular formula is C18H32O8. The van der Waals surface area contributed by atoms with Gasteiger partial charge in [-0.15, -0.1) is 0 Å². The van der Waals surface area contributed by atoms with Gasteiger partial charge in [0.25, 0.3) is 0 Å². The molecule has 4 heterocycles. The number of hydrogen-bond acceptors (Lipinski definition) is 8. The van der Waals surface area contributed by atoms with Crippen molar-refractivity contribution in [3.63, 3.8) is 0 Å². The molecule has 5 unspecified atom stereocenters. The molecule has 152 valence electrons. The van der Waals surface area contributed by atoms with E-state index in [4.69, 9.17) is 33.2 Å². The van der Waals surface area contributed by atoms with Crippen molar-refractivity contribution in [2.75, 3.05) is 34.5 Å². The highest BCUT2D eigenvalue weighted by Gasteiger charge is 2.58. The Morgan fingerprint density at radius 3 is 2.35 bits per heavy atom. The molecule has 10 atom stereocenters. The first-order valence-corrected chi connectivity index (χ1v) is 9.19. The van der Waals surface area contributed by atoms with Crippen LogP contribution in [0.5, 0.6) is 0 Å². The monoisotopic (exact) mass is 376 g/mol. The van der Waals surface area contributed by atoms with Crippen LogP contribution < -0.4 is 0 Å². The van der Waals surface area contributed by atoms with Crippen molar-refractivity contribution in [3.8, 4) is 0 Å². The van der Waals surface area contributed by atoms with Gasteiger partial charge in [0.15, 0.2) is 6.29 Å². The lowest BCUT2D eigenvalue weighted by Crippen LogP contribution is -2.70. The zero-order valence-electron chi connectivity index (χ0n) is 16.4. The van der Waals surface area contributed by atoms with E-state index in [9.17, 15) is 5.11 Å². The molecule has 26 heavy (non-hydrogen) atoms. The fraction of sp³-hybridized carbons (Fsp3) is 1.00. The summed E-state index contributed by atoms with van der Waals surface area (Å²) in [5.74, 6) is -0.101. The molecule has 4 saturated heterocycles. The zero-order valence-corrected chi connectivity index (χ0v) is 16.4. The number of aliphatic hydroxyl groups excluding tert-OH is 1. The average molecular weight is 376 g/mol. The van der Waals surface area contributed by atoms with Gasteiger partial charge in [0.2, 0.25) is 0 Å². The molecule has 4 rings (SSSR count). The highest BCUT2D eigenvalue weighted by Crippen LogP contribution is 2.42. The van der Waals surface area contributed by atoms with Crippen molar-refractivity contribution in [2.45, 2.75) is 75.4 Å². The predicted octanol–water partition coefficient (Wildman–Crippen LogP) is 0.346. The molecule has 2 bridgehead atoms. The van der Waals surface area contributed by atoms with Gasteiger partial charge in [-0.25, -0.2) is 0 Å². The molecule has 0 aromatic heterocycles. The van der Waals surface area contributed by atoms with Crippen LogP contribution in [0.4, 0.5) is 0 Å². The molecule has 0 amide bonds. The lowest BCUT2D eigenvalue weighted by molar-refractivity contribution is -0.399. The van der Waals surface area contributed by atoms with Crippen molar-refractivity contribution in [1.29, 1.82) is 0 Å². The number of hydrogen-bond donors (Lipinski definition) is 1. The Balaban J connectivity index is 1.80. The Hall–Kier alpha value is -0.320. The van der Waals surface area contributed by atoms with Crippen molar-refractivity contribution in [3.05, 3.63) is 0 Å². The van der Waals surface area contributed by atoms with E-state index in [1.807, 2.05) is 20.8 Å². The zero-order chi connectivity index (χ0) is 19.1. The Morgan fingerprint density at radius 2 is 1.77 bits per heavy atom. The van der Waals surface area contributed by atoms with Crippen LogP contribution in [0.25, 0.3) is 0 Å². The third kappa shape index (κ3) is 3.42. The highest BCUT2D eigenvalue weighted by molar-refractivity contribution is 5.02. The van der Waals surface area contributed by atoms with Crippen molar-refractivity contribution in [1.82, 2.24) is 0 Å². The van der Waals surface area contributed by atoms with Crippen LogP contribution in [0.15, 0.2) is 0 Å². The largest absolute Gasteiger partial charge is 0.390 e. The van der Waals surface area contributed by atoms with Gasteiger partial charge in [0.05, 0.1) is 25.4 Å². The van der Waals surface area contributed by atoms with E-state index in [0.717, 1.165) is 0 Å². The van der Waals surface area contributed by atoms with Crippen LogP contribution in [0, 0.1) is 5.92 Å². The van der Waals surface area contributed by atoms with E-state index >= 15 is 0 Å². The first kappa shape index (κ1) is 20.4. The number of methoxy groups -OCH3 is 3. The summed E-state index contributed by atoms with van der Waals surface area (Å²) in [6.45, 7) is 6.44. The SMILES string of the molecule is COCC1O[C@H](C)C(OC)C(OC)[C@@H]1O[C@H]1OC2(C)COC1[C@@H](C)[C@H]2O. The molecule has 4 aliphatic heterocycles. The first-order valence-electron chi connectivity index (χ1n) is 9.19. The quantitative estimate of drug-likeness (QED) is 0.711. The number of aliphatic hydroxyl groups is 1. The van der Waals surface area contributed by atoms with Gasteiger partial charge < -0.3 is 38.3 Å². The van der Waals surface area contributed by atoms with E-state index in [2.05, 4.69) is 0 Å². The van der Waals surface area contributed by atoms with Crippen LogP contribution in [-0.2, 0) is 33.2 Å². The minimum absolute atomic E-state index is 0.101. The van der Waals surface area contributed by atoms with E-state index in [1.54, 1.807) is 21.3 Å². The number of fused-ring (bicyclic) bond motifs is 3. The summed E-state index contributed by atoms with van der Waals surface area (Å²) in [5, 5.41) is 10.5. The summed E-state index contributed by atoms with van der Waals surface area (Å²) < 4.78 is 41.0. The van der Waals surface area contributed by atoms with Crippen LogP contribution in [0.3, 0.4) is 0 Å². The molecule has 4 fully saturated rings. The molecular weight excluding hydrogens is 344 g/mol. The summed E-state index contributed by atoms with van der Waals surface area (Å²) >= 11 is 0. The molecule has 1 N–H and O–H groups in total. The van der Waals surface area contributed by atoms with Gasteiger partial charge in [0, 0.05) is 27.2 Å². The molecule has 4 aliphatic rings. The topological polar surface area (TPSA) is 84.8 Å². The van der Waals surface area contributed by atoms with Gasteiger partial charge in [-0.05, 0) is 13.8 Å². The second-order valence-corrected chi connectivity index (χ2v) is 7.71. The Kier molecular flexibility index (Phi) is 6.26. The summed E-state index contributed by atoms with van der Waals surface area (Å²) in [6.07, 6.45) is -3.15. The average Bonchev–Trinajstić information content (AvgIpc) is 2.61. The maximum absolute atomic E-state index is 10.5. The van der Waals surface area contributed by atoms with Crippen LogP contribution in [0.2, 0.25) is 0 Å². The van der Waals surface area contributed by atoms with E-state index in [0.29, 0.717) is 13.2 Å². The summed E-state index contributed by atoms with van der Waals surface area (Å²) in [7, 11) is 4.88. The van der Waals surface area contributed by atoms with Gasteiger partial charge in [-0.1, -0.05) is 6.92 Å². The summed E-state index contributed by atoms with van der Waals surface area (Å²) in [4.78, 5) is 0. The number of ether oxygens (including phenoxy) is 7. The van der Waals surface area contributed by atoms with Crippen molar-refractivity contribution in [2.24, 2.45) is 5.92 Å². The second kappa shape index (κ2) is 7.97.